The first-order valence-corrected chi connectivity index (χ1v) is 6.80. The highest BCUT2D eigenvalue weighted by Gasteiger charge is 2.15. The van der Waals surface area contributed by atoms with E-state index in [1.165, 1.54) is 11.3 Å². The fourth-order valence-electron chi connectivity index (χ4n) is 1.61. The first-order valence-electron chi connectivity index (χ1n) is 5.75. The van der Waals surface area contributed by atoms with Gasteiger partial charge >= 0.3 is 0 Å². The Kier molecular flexibility index (Phi) is 3.78. The maximum atomic E-state index is 9.52. The molecule has 0 amide bonds. The highest BCUT2D eigenvalue weighted by molar-refractivity contribution is 7.99. The van der Waals surface area contributed by atoms with Crippen molar-refractivity contribution in [1.82, 2.24) is 5.32 Å². The molecule has 0 bridgehead atoms. The summed E-state index contributed by atoms with van der Waals surface area (Å²) in [6.45, 7) is 4.45. The van der Waals surface area contributed by atoms with Crippen molar-refractivity contribution in [3.05, 3.63) is 35.4 Å². The van der Waals surface area contributed by atoms with Crippen molar-refractivity contribution in [3.63, 3.8) is 0 Å². The molecule has 2 N–H and O–H groups in total. The van der Waals surface area contributed by atoms with Gasteiger partial charge in [0.15, 0.2) is 0 Å². The molecule has 1 aromatic rings. The molecule has 2 nitrogen and oxygen atoms in total. The molecular weight excluding hydrogens is 230 g/mol. The molecule has 0 saturated carbocycles. The minimum Gasteiger partial charge on any atom is -0.378 e. The summed E-state index contributed by atoms with van der Waals surface area (Å²) in [6.07, 6.45) is 0. The number of nitrogens with one attached hydrogen (secondary N) is 1. The molecule has 17 heavy (non-hydrogen) atoms. The second kappa shape index (κ2) is 5.14. The number of benzene rings is 1. The summed E-state index contributed by atoms with van der Waals surface area (Å²) >= 11 is 1.93. The monoisotopic (exact) mass is 247 g/mol. The lowest BCUT2D eigenvalue weighted by Gasteiger charge is -2.09. The van der Waals surface area contributed by atoms with Crippen molar-refractivity contribution >= 4 is 11.8 Å². The third kappa shape index (κ3) is 3.78. The van der Waals surface area contributed by atoms with E-state index in [0.29, 0.717) is 5.37 Å². The second-order valence-corrected chi connectivity index (χ2v) is 5.85. The highest BCUT2D eigenvalue weighted by Crippen LogP contribution is 2.29. The molecule has 1 saturated heterocycles. The summed E-state index contributed by atoms with van der Waals surface area (Å²) < 4.78 is 0. The molecule has 0 aliphatic carbocycles. The van der Waals surface area contributed by atoms with Gasteiger partial charge in [-0.3, -0.25) is 0 Å². The topological polar surface area (TPSA) is 32.3 Å². The van der Waals surface area contributed by atoms with Gasteiger partial charge in [0, 0.05) is 17.9 Å². The van der Waals surface area contributed by atoms with Crippen molar-refractivity contribution < 1.29 is 5.11 Å². The maximum Gasteiger partial charge on any atom is 0.120 e. The summed E-state index contributed by atoms with van der Waals surface area (Å²) in [7, 11) is 0. The van der Waals surface area contributed by atoms with Gasteiger partial charge in [0.05, 0.1) is 5.37 Å². The number of hydrogen-bond acceptors (Lipinski definition) is 3. The Hall–Kier alpha value is -0.950. The van der Waals surface area contributed by atoms with Crippen LogP contribution in [0.4, 0.5) is 0 Å². The molecule has 1 heterocycles. The molecule has 2 rings (SSSR count). The molecule has 1 fully saturated rings. The van der Waals surface area contributed by atoms with Gasteiger partial charge in [0.25, 0.3) is 0 Å². The SMILES string of the molecule is CC(C)(O)C#Cc1ccc(C2NCCS2)cc1. The summed E-state index contributed by atoms with van der Waals surface area (Å²) in [5, 5.41) is 13.4. The van der Waals surface area contributed by atoms with Gasteiger partial charge in [-0.2, -0.15) is 0 Å². The zero-order chi connectivity index (χ0) is 12.3. The Morgan fingerprint density at radius 1 is 1.35 bits per heavy atom. The van der Waals surface area contributed by atoms with Crippen LogP contribution in [0.15, 0.2) is 24.3 Å². The molecule has 1 aromatic carbocycles. The number of thioether (sulfide) groups is 1. The predicted molar refractivity (Wildman–Crippen MR) is 72.8 cm³/mol. The van der Waals surface area contributed by atoms with E-state index >= 15 is 0 Å². The van der Waals surface area contributed by atoms with Crippen LogP contribution >= 0.6 is 11.8 Å². The molecule has 0 aromatic heterocycles. The van der Waals surface area contributed by atoms with Crippen molar-refractivity contribution in [1.29, 1.82) is 0 Å². The zero-order valence-corrected chi connectivity index (χ0v) is 11.0. The lowest BCUT2D eigenvalue weighted by molar-refractivity contribution is 0.143. The number of rotatable bonds is 1. The van der Waals surface area contributed by atoms with E-state index in [1.54, 1.807) is 13.8 Å². The summed E-state index contributed by atoms with van der Waals surface area (Å²) in [6, 6.07) is 8.22. The lowest BCUT2D eigenvalue weighted by Crippen LogP contribution is -2.14. The average Bonchev–Trinajstić information content (AvgIpc) is 2.79. The summed E-state index contributed by atoms with van der Waals surface area (Å²) in [5.74, 6) is 6.96. The molecule has 1 aliphatic rings. The molecule has 90 valence electrons. The van der Waals surface area contributed by atoms with E-state index in [9.17, 15) is 5.11 Å². The Bertz CT molecular complexity index is 430. The smallest absolute Gasteiger partial charge is 0.120 e. The van der Waals surface area contributed by atoms with E-state index < -0.39 is 5.60 Å². The normalized spacial score (nSPS) is 19.8. The summed E-state index contributed by atoms with van der Waals surface area (Å²) in [5.41, 5.74) is 1.31. The van der Waals surface area contributed by atoms with Crippen molar-refractivity contribution in [2.75, 3.05) is 12.3 Å². The largest absolute Gasteiger partial charge is 0.378 e. The van der Waals surface area contributed by atoms with E-state index in [0.717, 1.165) is 12.1 Å². The van der Waals surface area contributed by atoms with E-state index in [2.05, 4.69) is 29.3 Å². The third-order valence-electron chi connectivity index (χ3n) is 2.44. The zero-order valence-electron chi connectivity index (χ0n) is 10.2. The first-order chi connectivity index (χ1) is 8.04. The fraction of sp³-hybridized carbons (Fsp3) is 0.429. The highest BCUT2D eigenvalue weighted by atomic mass is 32.2. The Labute approximate surface area is 107 Å². The van der Waals surface area contributed by atoms with Crippen LogP contribution in [-0.4, -0.2) is 23.0 Å². The van der Waals surface area contributed by atoms with E-state index in [1.807, 2.05) is 23.9 Å². The molecular formula is C14H17NOS. The Balaban J connectivity index is 2.09. The van der Waals surface area contributed by atoms with E-state index in [4.69, 9.17) is 0 Å². The molecule has 1 atom stereocenters. The molecule has 1 unspecified atom stereocenters. The van der Waals surface area contributed by atoms with Gasteiger partial charge in [-0.25, -0.2) is 0 Å². The van der Waals surface area contributed by atoms with Gasteiger partial charge in [0.1, 0.15) is 5.60 Å². The quantitative estimate of drug-likeness (QED) is 0.746. The minimum atomic E-state index is -0.929. The predicted octanol–water partition coefficient (Wildman–Crippen LogP) is 2.14. The maximum absolute atomic E-state index is 9.52. The first kappa shape index (κ1) is 12.5. The average molecular weight is 247 g/mol. The van der Waals surface area contributed by atoms with Crippen molar-refractivity contribution in [2.24, 2.45) is 0 Å². The Morgan fingerprint density at radius 3 is 2.59 bits per heavy atom. The fourth-order valence-corrected chi connectivity index (χ4v) is 2.66. The number of aliphatic hydroxyl groups is 1. The van der Waals surface area contributed by atoms with E-state index in [-0.39, 0.29) is 0 Å². The van der Waals surface area contributed by atoms with Crippen LogP contribution in [0.2, 0.25) is 0 Å². The van der Waals surface area contributed by atoms with Crippen LogP contribution in [0.5, 0.6) is 0 Å². The standard InChI is InChI=1S/C14H17NOS/c1-14(2,16)8-7-11-3-5-12(6-4-11)13-15-9-10-17-13/h3-6,13,15-16H,9-10H2,1-2H3. The van der Waals surface area contributed by atoms with Crippen LogP contribution in [-0.2, 0) is 0 Å². The van der Waals surface area contributed by atoms with Gasteiger partial charge in [-0.1, -0.05) is 24.0 Å². The van der Waals surface area contributed by atoms with Crippen LogP contribution in [0.3, 0.4) is 0 Å². The number of hydrogen-bond donors (Lipinski definition) is 2. The summed E-state index contributed by atoms with van der Waals surface area (Å²) in [4.78, 5) is 0. The van der Waals surface area contributed by atoms with Gasteiger partial charge in [-0.05, 0) is 31.5 Å². The third-order valence-corrected chi connectivity index (χ3v) is 3.65. The van der Waals surface area contributed by atoms with Crippen molar-refractivity contribution in [3.8, 4) is 11.8 Å². The van der Waals surface area contributed by atoms with Gasteiger partial charge in [0.2, 0.25) is 0 Å². The minimum absolute atomic E-state index is 0.422. The van der Waals surface area contributed by atoms with Gasteiger partial charge in [-0.15, -0.1) is 11.8 Å². The van der Waals surface area contributed by atoms with Gasteiger partial charge < -0.3 is 10.4 Å². The molecule has 0 radical (unpaired) electrons. The van der Waals surface area contributed by atoms with Crippen LogP contribution in [0.25, 0.3) is 0 Å². The molecule has 3 heteroatoms. The Morgan fingerprint density at radius 2 is 2.06 bits per heavy atom. The molecule has 1 aliphatic heterocycles. The molecule has 0 spiro atoms. The second-order valence-electron chi connectivity index (χ2n) is 4.64. The van der Waals surface area contributed by atoms with Crippen LogP contribution in [0.1, 0.15) is 30.3 Å². The lowest BCUT2D eigenvalue weighted by atomic mass is 10.1. The van der Waals surface area contributed by atoms with Crippen molar-refractivity contribution in [2.45, 2.75) is 24.8 Å². The van der Waals surface area contributed by atoms with Crippen LogP contribution < -0.4 is 5.32 Å². The van der Waals surface area contributed by atoms with Crippen LogP contribution in [0, 0.1) is 11.8 Å².